The molecular weight excluding hydrogens is 346 g/mol. The molecule has 27 heavy (non-hydrogen) atoms. The second-order valence-corrected chi connectivity index (χ2v) is 6.32. The minimum Gasteiger partial charge on any atom is -0.448 e. The van der Waals surface area contributed by atoms with E-state index in [4.69, 9.17) is 4.74 Å². The van der Waals surface area contributed by atoms with Crippen LogP contribution in [0.5, 0.6) is 0 Å². The molecular formula is C19H21N5O3. The molecule has 2 heterocycles. The van der Waals surface area contributed by atoms with E-state index in [-0.39, 0.29) is 11.7 Å². The van der Waals surface area contributed by atoms with E-state index in [2.05, 4.69) is 20.6 Å². The van der Waals surface area contributed by atoms with E-state index < -0.39 is 18.0 Å². The van der Waals surface area contributed by atoms with Crippen molar-refractivity contribution in [2.75, 3.05) is 5.32 Å². The van der Waals surface area contributed by atoms with Gasteiger partial charge in [0.15, 0.2) is 6.10 Å². The smallest absolute Gasteiger partial charge is 0.357 e. The van der Waals surface area contributed by atoms with Crippen molar-refractivity contribution in [3.05, 3.63) is 54.4 Å². The zero-order valence-corrected chi connectivity index (χ0v) is 15.3. The van der Waals surface area contributed by atoms with Gasteiger partial charge in [0.25, 0.3) is 5.91 Å². The third kappa shape index (κ3) is 4.22. The predicted molar refractivity (Wildman–Crippen MR) is 100 cm³/mol. The molecule has 0 radical (unpaired) electrons. The minimum absolute atomic E-state index is 0.0922. The lowest BCUT2D eigenvalue weighted by molar-refractivity contribution is -0.123. The Morgan fingerprint density at radius 1 is 1.15 bits per heavy atom. The molecule has 0 spiro atoms. The number of amides is 1. The first-order valence-corrected chi connectivity index (χ1v) is 8.62. The number of carbonyl (C=O) groups is 2. The fourth-order valence-electron chi connectivity index (χ4n) is 2.51. The number of nitrogens with zero attached hydrogens (tertiary/aromatic N) is 3. The summed E-state index contributed by atoms with van der Waals surface area (Å²) in [5.74, 6) is -0.538. The first-order valence-electron chi connectivity index (χ1n) is 8.62. The van der Waals surface area contributed by atoms with Crippen LogP contribution < -0.4 is 5.32 Å². The monoisotopic (exact) mass is 367 g/mol. The molecule has 3 rings (SSSR count). The number of anilines is 1. The number of esters is 1. The Morgan fingerprint density at radius 3 is 2.59 bits per heavy atom. The largest absolute Gasteiger partial charge is 0.448 e. The molecule has 8 heteroatoms. The molecule has 0 unspecified atom stereocenters. The van der Waals surface area contributed by atoms with Crippen LogP contribution in [0, 0.1) is 0 Å². The highest BCUT2D eigenvalue weighted by molar-refractivity contribution is 5.96. The summed E-state index contributed by atoms with van der Waals surface area (Å²) in [6.07, 6.45) is 0.624. The molecule has 0 saturated heterocycles. The number of carbonyl (C=O) groups excluding carboxylic acids is 2. The van der Waals surface area contributed by atoms with Crippen molar-refractivity contribution in [3.63, 3.8) is 0 Å². The average Bonchev–Trinajstić information content (AvgIpc) is 3.32. The Morgan fingerprint density at radius 2 is 1.89 bits per heavy atom. The minimum atomic E-state index is -0.975. The number of aromatic amines is 1. The van der Waals surface area contributed by atoms with Crippen LogP contribution in [0.2, 0.25) is 0 Å². The number of benzene rings is 1. The van der Waals surface area contributed by atoms with E-state index in [9.17, 15) is 9.59 Å². The first-order chi connectivity index (χ1) is 13.0. The molecule has 2 aromatic heterocycles. The molecule has 0 saturated carbocycles. The fraction of sp³-hybridized carbons (Fsp3) is 0.263. The maximum absolute atomic E-state index is 12.3. The van der Waals surface area contributed by atoms with Crippen molar-refractivity contribution in [1.82, 2.24) is 20.0 Å². The van der Waals surface area contributed by atoms with Crippen LogP contribution in [0.3, 0.4) is 0 Å². The van der Waals surface area contributed by atoms with Gasteiger partial charge in [-0.25, -0.2) is 9.48 Å². The lowest BCUT2D eigenvalue weighted by atomic mass is 10.1. The van der Waals surface area contributed by atoms with Crippen molar-refractivity contribution in [3.8, 4) is 11.3 Å². The number of hydrogen-bond acceptors (Lipinski definition) is 5. The van der Waals surface area contributed by atoms with Crippen LogP contribution in [0.1, 0.15) is 37.3 Å². The highest BCUT2D eigenvalue weighted by atomic mass is 16.5. The maximum atomic E-state index is 12.3. The molecule has 8 nitrogen and oxygen atoms in total. The van der Waals surface area contributed by atoms with Gasteiger partial charge < -0.3 is 10.1 Å². The van der Waals surface area contributed by atoms with Gasteiger partial charge in [0.05, 0.1) is 11.9 Å². The van der Waals surface area contributed by atoms with Crippen LogP contribution in [0.15, 0.2) is 48.7 Å². The van der Waals surface area contributed by atoms with Crippen molar-refractivity contribution < 1.29 is 14.3 Å². The highest BCUT2D eigenvalue weighted by Crippen LogP contribution is 2.18. The second-order valence-electron chi connectivity index (χ2n) is 6.32. The highest BCUT2D eigenvalue weighted by Gasteiger charge is 2.22. The van der Waals surface area contributed by atoms with Gasteiger partial charge in [-0.3, -0.25) is 9.89 Å². The van der Waals surface area contributed by atoms with Crippen molar-refractivity contribution in [2.24, 2.45) is 0 Å². The van der Waals surface area contributed by atoms with Gasteiger partial charge >= 0.3 is 5.97 Å². The summed E-state index contributed by atoms with van der Waals surface area (Å²) in [4.78, 5) is 24.6. The first kappa shape index (κ1) is 18.4. The topological polar surface area (TPSA) is 102 Å². The molecule has 1 amide bonds. The predicted octanol–water partition coefficient (Wildman–Crippen LogP) is 3.04. The Bertz CT molecular complexity index is 930. The Balaban J connectivity index is 1.63. The lowest BCUT2D eigenvalue weighted by Crippen LogP contribution is -2.31. The van der Waals surface area contributed by atoms with E-state index in [0.29, 0.717) is 11.5 Å². The summed E-state index contributed by atoms with van der Waals surface area (Å²) in [5.41, 5.74) is 1.68. The summed E-state index contributed by atoms with van der Waals surface area (Å²) in [5, 5.41) is 13.6. The van der Waals surface area contributed by atoms with Gasteiger partial charge in [0, 0.05) is 17.7 Å². The Kier molecular flexibility index (Phi) is 5.35. The summed E-state index contributed by atoms with van der Waals surface area (Å²) >= 11 is 0. The number of nitrogens with one attached hydrogen (secondary N) is 2. The molecule has 2 N–H and O–H groups in total. The number of rotatable bonds is 6. The van der Waals surface area contributed by atoms with E-state index in [0.717, 1.165) is 5.56 Å². The molecule has 140 valence electrons. The third-order valence-corrected chi connectivity index (χ3v) is 3.93. The van der Waals surface area contributed by atoms with E-state index in [1.165, 1.54) is 6.92 Å². The summed E-state index contributed by atoms with van der Waals surface area (Å²) in [6.45, 7) is 5.42. The van der Waals surface area contributed by atoms with E-state index in [1.807, 2.05) is 44.2 Å². The SMILES string of the molecule is CC(C)n1nccc1NC(=O)[C@H](C)OC(=O)c1cc(-c2ccccc2)n[nH]1. The van der Waals surface area contributed by atoms with Crippen LogP contribution in [0.25, 0.3) is 11.3 Å². The third-order valence-electron chi connectivity index (χ3n) is 3.93. The van der Waals surface area contributed by atoms with Crippen LogP contribution in [-0.2, 0) is 9.53 Å². The zero-order chi connectivity index (χ0) is 19.4. The zero-order valence-electron chi connectivity index (χ0n) is 15.3. The van der Waals surface area contributed by atoms with Crippen LogP contribution in [-0.4, -0.2) is 38.0 Å². The maximum Gasteiger partial charge on any atom is 0.357 e. The Hall–Kier alpha value is -3.42. The average molecular weight is 367 g/mol. The quantitative estimate of drug-likeness (QED) is 0.652. The lowest BCUT2D eigenvalue weighted by Gasteiger charge is -2.15. The number of hydrogen-bond donors (Lipinski definition) is 2. The number of aromatic nitrogens is 4. The Labute approximate surface area is 156 Å². The molecule has 0 fully saturated rings. The standard InChI is InChI=1S/C19H21N5O3/c1-12(2)24-17(9-10-20-24)21-18(25)13(3)27-19(26)16-11-15(22-23-16)14-7-5-4-6-8-14/h4-13H,1-3H3,(H,21,25)(H,22,23)/t13-/m0/s1. The van der Waals surface area contributed by atoms with E-state index >= 15 is 0 Å². The second kappa shape index (κ2) is 7.86. The number of H-pyrrole nitrogens is 1. The molecule has 0 aliphatic rings. The van der Waals surface area contributed by atoms with Gasteiger partial charge in [0.2, 0.25) is 0 Å². The molecule has 1 atom stereocenters. The van der Waals surface area contributed by atoms with Crippen LogP contribution in [0.4, 0.5) is 5.82 Å². The molecule has 0 bridgehead atoms. The van der Waals surface area contributed by atoms with Gasteiger partial charge in [-0.15, -0.1) is 0 Å². The summed E-state index contributed by atoms with van der Waals surface area (Å²) in [6, 6.07) is 12.8. The fourth-order valence-corrected chi connectivity index (χ4v) is 2.51. The van der Waals surface area contributed by atoms with Gasteiger partial charge in [-0.05, 0) is 26.8 Å². The summed E-state index contributed by atoms with van der Waals surface area (Å²) in [7, 11) is 0. The normalized spacial score (nSPS) is 12.0. The molecule has 0 aliphatic heterocycles. The van der Waals surface area contributed by atoms with Gasteiger partial charge in [-0.2, -0.15) is 10.2 Å². The van der Waals surface area contributed by atoms with Crippen molar-refractivity contribution in [2.45, 2.75) is 32.9 Å². The summed E-state index contributed by atoms with van der Waals surface area (Å²) < 4.78 is 6.92. The van der Waals surface area contributed by atoms with Crippen LogP contribution >= 0.6 is 0 Å². The van der Waals surface area contributed by atoms with Crippen molar-refractivity contribution >= 4 is 17.7 Å². The van der Waals surface area contributed by atoms with Crippen molar-refractivity contribution in [1.29, 1.82) is 0 Å². The molecule has 0 aliphatic carbocycles. The number of ether oxygens (including phenoxy) is 1. The van der Waals surface area contributed by atoms with Gasteiger partial charge in [0.1, 0.15) is 11.5 Å². The molecule has 3 aromatic rings. The molecule has 1 aromatic carbocycles. The van der Waals surface area contributed by atoms with Gasteiger partial charge in [-0.1, -0.05) is 30.3 Å². The van der Waals surface area contributed by atoms with E-state index in [1.54, 1.807) is 23.0 Å².